The molecule has 5 aromatic heterocycles. The quantitative estimate of drug-likeness (QED) is 0.173. The van der Waals surface area contributed by atoms with Crippen LogP contribution in [0.15, 0.2) is 173 Å². The van der Waals surface area contributed by atoms with Gasteiger partial charge in [-0.15, -0.1) is 11.3 Å². The maximum atomic E-state index is 6.62. The Morgan fingerprint density at radius 3 is 1.53 bits per heavy atom. The van der Waals surface area contributed by atoms with Crippen LogP contribution in [0.1, 0.15) is 0 Å². The van der Waals surface area contributed by atoms with Gasteiger partial charge in [-0.05, 0) is 30.3 Å². The number of nitrogens with zero attached hydrogens (tertiary/aromatic N) is 5. The molecule has 0 spiro atoms. The molecule has 57 heavy (non-hydrogen) atoms. The van der Waals surface area contributed by atoms with Crippen molar-refractivity contribution in [2.45, 2.75) is 0 Å². The molecular formula is C49H27N5O2S. The van der Waals surface area contributed by atoms with Crippen molar-refractivity contribution >= 4 is 75.5 Å². The Kier molecular flexibility index (Phi) is 6.96. The van der Waals surface area contributed by atoms with Gasteiger partial charge in [0.1, 0.15) is 22.3 Å². The summed E-state index contributed by atoms with van der Waals surface area (Å²) in [5.74, 6) is 2.26. The molecule has 7 nitrogen and oxygen atoms in total. The molecule has 8 heteroatoms. The van der Waals surface area contributed by atoms with Crippen molar-refractivity contribution in [3.63, 3.8) is 0 Å². The molecule has 0 bridgehead atoms. The summed E-state index contributed by atoms with van der Waals surface area (Å²) in [5, 5.41) is 4.85. The Bertz CT molecular complexity index is 3540. The lowest BCUT2D eigenvalue weighted by Gasteiger charge is -2.11. The van der Waals surface area contributed by atoms with Crippen molar-refractivity contribution in [2.24, 2.45) is 0 Å². The smallest absolute Gasteiger partial charge is 0.164 e. The van der Waals surface area contributed by atoms with E-state index < -0.39 is 0 Å². The van der Waals surface area contributed by atoms with E-state index in [9.17, 15) is 0 Å². The summed E-state index contributed by atoms with van der Waals surface area (Å²) in [6.45, 7) is 0. The van der Waals surface area contributed by atoms with Crippen LogP contribution in [0.3, 0.4) is 0 Å². The molecule has 0 N–H and O–H groups in total. The number of benzene rings is 7. The summed E-state index contributed by atoms with van der Waals surface area (Å²) in [6, 6.07) is 55.0. The molecule has 5 heterocycles. The van der Waals surface area contributed by atoms with Gasteiger partial charge in [0.25, 0.3) is 0 Å². The second-order valence-electron chi connectivity index (χ2n) is 13.9. The van der Waals surface area contributed by atoms with Gasteiger partial charge in [-0.25, -0.2) is 24.9 Å². The van der Waals surface area contributed by atoms with E-state index in [1.807, 2.05) is 91.0 Å². The van der Waals surface area contributed by atoms with Crippen LogP contribution in [0, 0.1) is 0 Å². The van der Waals surface area contributed by atoms with Gasteiger partial charge in [-0.3, -0.25) is 0 Å². The molecule has 0 fully saturated rings. The zero-order valence-corrected chi connectivity index (χ0v) is 30.9. The topological polar surface area (TPSA) is 90.7 Å². The highest BCUT2D eigenvalue weighted by Gasteiger charge is 2.24. The minimum Gasteiger partial charge on any atom is -0.456 e. The van der Waals surface area contributed by atoms with E-state index in [1.165, 1.54) is 4.70 Å². The fraction of sp³-hybridized carbons (Fsp3) is 0. The van der Waals surface area contributed by atoms with Gasteiger partial charge in [0.05, 0.1) is 15.9 Å². The molecular weight excluding hydrogens is 723 g/mol. The lowest BCUT2D eigenvalue weighted by Crippen LogP contribution is -2.00. The maximum Gasteiger partial charge on any atom is 0.164 e. The first-order valence-corrected chi connectivity index (χ1v) is 19.5. The fourth-order valence-electron chi connectivity index (χ4n) is 8.04. The van der Waals surface area contributed by atoms with Crippen molar-refractivity contribution in [1.29, 1.82) is 0 Å². The third kappa shape index (κ3) is 5.01. The highest BCUT2D eigenvalue weighted by Crippen LogP contribution is 2.44. The minimum atomic E-state index is 0.525. The molecule has 7 aromatic carbocycles. The summed E-state index contributed by atoms with van der Waals surface area (Å²) >= 11 is 1.72. The second kappa shape index (κ2) is 12.5. The monoisotopic (exact) mass is 749 g/mol. The van der Waals surface area contributed by atoms with Crippen LogP contribution in [0.2, 0.25) is 0 Å². The number of hydrogen-bond acceptors (Lipinski definition) is 8. The van der Waals surface area contributed by atoms with Gasteiger partial charge >= 0.3 is 0 Å². The fourth-order valence-corrected chi connectivity index (χ4v) is 9.19. The zero-order chi connectivity index (χ0) is 37.5. The third-order valence-electron chi connectivity index (χ3n) is 10.6. The molecule has 0 aliphatic rings. The first-order valence-electron chi connectivity index (χ1n) is 18.7. The van der Waals surface area contributed by atoms with Gasteiger partial charge in [-0.2, -0.15) is 0 Å². The van der Waals surface area contributed by atoms with Crippen molar-refractivity contribution in [3.05, 3.63) is 164 Å². The summed E-state index contributed by atoms with van der Waals surface area (Å²) in [6.07, 6.45) is 0. The van der Waals surface area contributed by atoms with Crippen molar-refractivity contribution in [1.82, 2.24) is 24.9 Å². The van der Waals surface area contributed by atoms with E-state index in [0.717, 1.165) is 87.4 Å². The number of hydrogen-bond donors (Lipinski definition) is 0. The summed E-state index contributed by atoms with van der Waals surface area (Å²) in [7, 11) is 0. The van der Waals surface area contributed by atoms with Crippen molar-refractivity contribution in [3.8, 4) is 56.8 Å². The Labute approximate surface area is 328 Å². The molecule has 0 atom stereocenters. The van der Waals surface area contributed by atoms with Crippen molar-refractivity contribution in [2.75, 3.05) is 0 Å². The van der Waals surface area contributed by atoms with Crippen LogP contribution in [0.4, 0.5) is 0 Å². The highest BCUT2D eigenvalue weighted by molar-refractivity contribution is 7.26. The zero-order valence-electron chi connectivity index (χ0n) is 30.0. The van der Waals surface area contributed by atoms with Crippen molar-refractivity contribution < 1.29 is 8.83 Å². The van der Waals surface area contributed by atoms with E-state index in [1.54, 1.807) is 11.3 Å². The number of furan rings is 2. The lowest BCUT2D eigenvalue weighted by atomic mass is 10.0. The predicted octanol–water partition coefficient (Wildman–Crippen LogP) is 13.2. The Morgan fingerprint density at radius 1 is 0.351 bits per heavy atom. The lowest BCUT2D eigenvalue weighted by molar-refractivity contribution is 0.668. The van der Waals surface area contributed by atoms with Crippen LogP contribution in [0.5, 0.6) is 0 Å². The Morgan fingerprint density at radius 2 is 0.842 bits per heavy atom. The average Bonchev–Trinajstić information content (AvgIpc) is 3.98. The van der Waals surface area contributed by atoms with E-state index in [-0.39, 0.29) is 0 Å². The number of aromatic nitrogens is 5. The van der Waals surface area contributed by atoms with E-state index in [0.29, 0.717) is 28.9 Å². The summed E-state index contributed by atoms with van der Waals surface area (Å²) < 4.78 is 15.1. The molecule has 0 saturated heterocycles. The molecule has 0 unspecified atom stereocenters. The third-order valence-corrected chi connectivity index (χ3v) is 11.7. The van der Waals surface area contributed by atoms with Gasteiger partial charge in [0, 0.05) is 59.4 Å². The Hall–Kier alpha value is -7.55. The molecule has 266 valence electrons. The number of thiophene rings is 1. The molecule has 0 radical (unpaired) electrons. The molecule has 12 rings (SSSR count). The average molecular weight is 750 g/mol. The van der Waals surface area contributed by atoms with Gasteiger partial charge < -0.3 is 8.83 Å². The highest BCUT2D eigenvalue weighted by atomic mass is 32.1. The summed E-state index contributed by atoms with van der Waals surface area (Å²) in [4.78, 5) is 26.2. The number of rotatable bonds is 5. The van der Waals surface area contributed by atoms with Gasteiger partial charge in [0.15, 0.2) is 23.3 Å². The normalized spacial score (nSPS) is 11.9. The molecule has 12 aromatic rings. The predicted molar refractivity (Wildman–Crippen MR) is 230 cm³/mol. The van der Waals surface area contributed by atoms with E-state index in [4.69, 9.17) is 33.8 Å². The number of para-hydroxylation sites is 1. The first-order chi connectivity index (χ1) is 28.2. The molecule has 0 amide bonds. The van der Waals surface area contributed by atoms with Gasteiger partial charge in [0.2, 0.25) is 0 Å². The van der Waals surface area contributed by atoms with Crippen LogP contribution >= 0.6 is 11.3 Å². The largest absolute Gasteiger partial charge is 0.456 e. The Balaban J connectivity index is 1.14. The SMILES string of the molecule is c1ccc(-c2nc(-c3cccc4oc5ccccc5c34)nc(-c3cccc4oc5cccc(-c6nc(-c7ccccc7)c7sc8ccccc8c7n6)c5c34)n2)cc1. The van der Waals surface area contributed by atoms with E-state index in [2.05, 4.69) is 72.8 Å². The van der Waals surface area contributed by atoms with Crippen LogP contribution in [-0.4, -0.2) is 24.9 Å². The standard InChI is InChI=1S/C49H27N5O2S/c1-3-14-28(15-4-1)43-45-44(31-19-8-10-27-39(31)57-45)51-47(50-43)33-21-12-25-37-41(33)42-34(22-13-26-38(42)56-37)49-53-46(29-16-5-2-6-17-29)52-48(54-49)32-20-11-24-36-40(32)30-18-7-9-23-35(30)55-36/h1-27H. The van der Waals surface area contributed by atoms with E-state index >= 15 is 0 Å². The van der Waals surface area contributed by atoms with Gasteiger partial charge in [-0.1, -0.05) is 133 Å². The molecule has 0 saturated carbocycles. The van der Waals surface area contributed by atoms with Crippen LogP contribution in [0.25, 0.3) is 121 Å². The molecule has 0 aliphatic carbocycles. The van der Waals surface area contributed by atoms with Crippen LogP contribution in [-0.2, 0) is 0 Å². The molecule has 0 aliphatic heterocycles. The first kappa shape index (κ1) is 31.8. The second-order valence-corrected chi connectivity index (χ2v) is 15.0. The number of fused-ring (bicyclic) bond motifs is 9. The van der Waals surface area contributed by atoms with Crippen LogP contribution < -0.4 is 0 Å². The summed E-state index contributed by atoms with van der Waals surface area (Å²) in [5.41, 5.74) is 9.31. The minimum absolute atomic E-state index is 0.525. The maximum absolute atomic E-state index is 6.62.